The lowest BCUT2D eigenvalue weighted by Gasteiger charge is -2.43. The van der Waals surface area contributed by atoms with E-state index in [1.807, 2.05) is 0 Å². The average Bonchev–Trinajstić information content (AvgIpc) is 2.46. The van der Waals surface area contributed by atoms with Gasteiger partial charge in [-0.15, -0.1) is 0 Å². The first-order chi connectivity index (χ1) is 11.8. The number of fused-ring (bicyclic) bond motifs is 2. The van der Waals surface area contributed by atoms with Gasteiger partial charge in [-0.2, -0.15) is 26.3 Å². The fourth-order valence-electron chi connectivity index (χ4n) is 2.82. The Hall–Kier alpha value is -2.43. The highest BCUT2D eigenvalue weighted by Gasteiger charge is 2.44. The van der Waals surface area contributed by atoms with Crippen LogP contribution in [0.2, 0.25) is 0 Å². The molecule has 26 heavy (non-hydrogen) atoms. The highest BCUT2D eigenvalue weighted by atomic mass is 19.4. The molecule has 0 saturated carbocycles. The fraction of sp³-hybridized carbons (Fsp3) is 0.400. The summed E-state index contributed by atoms with van der Waals surface area (Å²) in [5.74, 6) is -0.178. The molecule has 1 aromatic carbocycles. The van der Waals surface area contributed by atoms with Gasteiger partial charge in [0.1, 0.15) is 18.9 Å². The van der Waals surface area contributed by atoms with E-state index in [-0.39, 0.29) is 17.0 Å². The molecule has 1 atom stereocenters. The van der Waals surface area contributed by atoms with Crippen molar-refractivity contribution in [3.05, 3.63) is 34.1 Å². The van der Waals surface area contributed by atoms with Crippen LogP contribution in [0, 0.1) is 0 Å². The van der Waals surface area contributed by atoms with Gasteiger partial charge in [-0.25, -0.2) is 0 Å². The first kappa shape index (κ1) is 18.4. The number of nitrogens with one attached hydrogen (secondary N) is 1. The third-order valence-corrected chi connectivity index (χ3v) is 3.94. The number of benzene rings is 1. The second-order valence-electron chi connectivity index (χ2n) is 6.12. The molecule has 11 heteroatoms. The van der Waals surface area contributed by atoms with E-state index in [9.17, 15) is 36.2 Å². The van der Waals surface area contributed by atoms with E-state index in [2.05, 4.69) is 4.98 Å². The number of nitrogens with zero attached hydrogens (tertiary/aromatic N) is 1. The van der Waals surface area contributed by atoms with Crippen molar-refractivity contribution in [1.82, 2.24) is 4.98 Å². The largest absolute Gasteiger partial charge is 0.486 e. The van der Waals surface area contributed by atoms with Gasteiger partial charge in [0.2, 0.25) is 5.56 Å². The second-order valence-corrected chi connectivity index (χ2v) is 6.12. The van der Waals surface area contributed by atoms with Crippen molar-refractivity contribution in [2.45, 2.75) is 25.0 Å². The number of H-pyrrole nitrogens is 1. The summed E-state index contributed by atoms with van der Waals surface area (Å²) in [5.41, 5.74) is -4.99. The lowest BCUT2D eigenvalue weighted by Crippen LogP contribution is -2.56. The zero-order chi connectivity index (χ0) is 19.5. The van der Waals surface area contributed by atoms with Crippen LogP contribution in [0.25, 0.3) is 10.9 Å². The van der Waals surface area contributed by atoms with Crippen molar-refractivity contribution < 1.29 is 36.2 Å². The van der Waals surface area contributed by atoms with Crippen LogP contribution in [0.3, 0.4) is 0 Å². The van der Waals surface area contributed by atoms with Gasteiger partial charge in [0.05, 0.1) is 16.8 Å². The first-order valence-corrected chi connectivity index (χ1v) is 7.26. The minimum atomic E-state index is -4.90. The molecule has 3 rings (SSSR count). The van der Waals surface area contributed by atoms with Crippen molar-refractivity contribution >= 4 is 16.6 Å². The number of rotatable bonds is 1. The zero-order valence-electron chi connectivity index (χ0n) is 13.1. The summed E-state index contributed by atoms with van der Waals surface area (Å²) in [6.45, 7) is -1.07. The molecule has 1 unspecified atom stereocenters. The molecule has 5 nitrogen and oxygen atoms in total. The normalized spacial score (nSPS) is 20.8. The second kappa shape index (κ2) is 5.53. The van der Waals surface area contributed by atoms with E-state index in [0.29, 0.717) is 11.0 Å². The molecule has 1 aliphatic heterocycles. The Labute approximate surface area is 141 Å². The van der Waals surface area contributed by atoms with Gasteiger partial charge >= 0.3 is 12.4 Å². The molecule has 0 bridgehead atoms. The number of aliphatic hydroxyl groups is 1. The smallest absolute Gasteiger partial charge is 0.417 e. The number of aromatic nitrogens is 1. The summed E-state index contributed by atoms with van der Waals surface area (Å²) in [7, 11) is 0. The third kappa shape index (κ3) is 3.30. The van der Waals surface area contributed by atoms with Crippen molar-refractivity contribution in [2.24, 2.45) is 0 Å². The molecule has 2 N–H and O–H groups in total. The molecule has 0 amide bonds. The molecular weight excluding hydrogens is 370 g/mol. The van der Waals surface area contributed by atoms with E-state index in [1.54, 1.807) is 0 Å². The molecule has 1 aromatic heterocycles. The summed E-state index contributed by atoms with van der Waals surface area (Å²) >= 11 is 0. The van der Waals surface area contributed by atoms with Gasteiger partial charge in [-0.05, 0) is 13.0 Å². The van der Waals surface area contributed by atoms with Crippen LogP contribution in [0.5, 0.6) is 5.75 Å². The van der Waals surface area contributed by atoms with Crippen molar-refractivity contribution in [2.75, 3.05) is 18.1 Å². The minimum Gasteiger partial charge on any atom is -0.486 e. The number of aromatic amines is 1. The number of ether oxygens (including phenoxy) is 1. The van der Waals surface area contributed by atoms with Crippen LogP contribution in [0.4, 0.5) is 32.0 Å². The summed E-state index contributed by atoms with van der Waals surface area (Å²) in [6, 6.07) is 2.16. The maximum absolute atomic E-state index is 13.2. The quantitative estimate of drug-likeness (QED) is 0.745. The number of halogens is 6. The van der Waals surface area contributed by atoms with Gasteiger partial charge < -0.3 is 19.7 Å². The van der Waals surface area contributed by atoms with E-state index in [1.165, 1.54) is 0 Å². The summed E-state index contributed by atoms with van der Waals surface area (Å²) in [5, 5.41) is 9.70. The van der Waals surface area contributed by atoms with Gasteiger partial charge in [-0.1, -0.05) is 0 Å². The molecule has 0 radical (unpaired) electrons. The summed E-state index contributed by atoms with van der Waals surface area (Å²) in [4.78, 5) is 14.2. The molecule has 0 saturated heterocycles. The first-order valence-electron chi connectivity index (χ1n) is 7.26. The van der Waals surface area contributed by atoms with E-state index >= 15 is 0 Å². The Bertz CT molecular complexity index is 916. The maximum atomic E-state index is 13.2. The zero-order valence-corrected chi connectivity index (χ0v) is 13.1. The number of alkyl halides is 6. The topological polar surface area (TPSA) is 65.6 Å². The Morgan fingerprint density at radius 3 is 2.46 bits per heavy atom. The predicted molar refractivity (Wildman–Crippen MR) is 79.1 cm³/mol. The lowest BCUT2D eigenvalue weighted by molar-refractivity contribution is -0.136. The molecule has 0 aliphatic carbocycles. The van der Waals surface area contributed by atoms with E-state index < -0.39 is 47.7 Å². The Kier molecular flexibility index (Phi) is 3.91. The van der Waals surface area contributed by atoms with Gasteiger partial charge in [0, 0.05) is 17.5 Å². The molecule has 0 spiro atoms. The molecule has 1 aliphatic rings. The standard InChI is InChI=1S/C15H12F6N2O3/c1-13(25)6-26-11-4-9-7(2-10(11)23(13)5-14(16,17)18)8(15(19,20)21)3-12(24)22-9/h2-4,25H,5-6H2,1H3,(H,22,24). The lowest BCUT2D eigenvalue weighted by atomic mass is 10.0. The van der Waals surface area contributed by atoms with E-state index in [4.69, 9.17) is 4.74 Å². The molecule has 142 valence electrons. The summed E-state index contributed by atoms with van der Waals surface area (Å²) in [6.07, 6.45) is -9.61. The number of anilines is 1. The highest BCUT2D eigenvalue weighted by Crippen LogP contribution is 2.43. The van der Waals surface area contributed by atoms with Crippen LogP contribution < -0.4 is 15.2 Å². The van der Waals surface area contributed by atoms with Gasteiger partial charge in [-0.3, -0.25) is 4.79 Å². The molecular formula is C15H12F6N2O3. The number of pyridine rings is 1. The van der Waals surface area contributed by atoms with Crippen LogP contribution in [-0.2, 0) is 6.18 Å². The molecule has 2 heterocycles. The monoisotopic (exact) mass is 382 g/mol. The highest BCUT2D eigenvalue weighted by molar-refractivity contribution is 5.89. The predicted octanol–water partition coefficient (Wildman–Crippen LogP) is 3.02. The third-order valence-electron chi connectivity index (χ3n) is 3.94. The van der Waals surface area contributed by atoms with Crippen LogP contribution in [-0.4, -0.2) is 35.1 Å². The van der Waals surface area contributed by atoms with Crippen LogP contribution in [0.1, 0.15) is 12.5 Å². The Morgan fingerprint density at radius 2 is 1.88 bits per heavy atom. The Morgan fingerprint density at radius 1 is 1.23 bits per heavy atom. The van der Waals surface area contributed by atoms with E-state index in [0.717, 1.165) is 19.1 Å². The summed E-state index contributed by atoms with van der Waals surface area (Å²) < 4.78 is 83.5. The van der Waals surface area contributed by atoms with Crippen molar-refractivity contribution in [3.63, 3.8) is 0 Å². The number of hydrogen-bond donors (Lipinski definition) is 2. The molecule has 0 fully saturated rings. The number of hydrogen-bond acceptors (Lipinski definition) is 4. The Balaban J connectivity index is 2.28. The van der Waals surface area contributed by atoms with Crippen molar-refractivity contribution in [1.29, 1.82) is 0 Å². The van der Waals surface area contributed by atoms with Gasteiger partial charge in [0.25, 0.3) is 0 Å². The van der Waals surface area contributed by atoms with Crippen LogP contribution in [0.15, 0.2) is 23.0 Å². The van der Waals surface area contributed by atoms with Crippen molar-refractivity contribution in [3.8, 4) is 5.75 Å². The maximum Gasteiger partial charge on any atom is 0.417 e. The average molecular weight is 382 g/mol. The fourth-order valence-corrected chi connectivity index (χ4v) is 2.82. The molecule has 2 aromatic rings. The SMILES string of the molecule is CC1(O)COc2cc3[nH]c(=O)cc(C(F)(F)F)c3cc2N1CC(F)(F)F. The van der Waals surface area contributed by atoms with Gasteiger partial charge in [0.15, 0.2) is 5.72 Å². The van der Waals surface area contributed by atoms with Crippen LogP contribution >= 0.6 is 0 Å². The minimum absolute atomic E-state index is 0.178.